The van der Waals surface area contributed by atoms with Crippen molar-refractivity contribution in [2.24, 2.45) is 0 Å². The number of carbonyl (C=O) groups excluding carboxylic acids is 1. The van der Waals surface area contributed by atoms with Gasteiger partial charge in [0.25, 0.3) is 0 Å². The number of hydrogen-bond donors (Lipinski definition) is 0. The van der Waals surface area contributed by atoms with Crippen LogP contribution in [0.2, 0.25) is 5.02 Å². The summed E-state index contributed by atoms with van der Waals surface area (Å²) >= 11 is 12.1. The van der Waals surface area contributed by atoms with Crippen molar-refractivity contribution in [1.82, 2.24) is 4.98 Å². The molecule has 0 aliphatic carbocycles. The molecular formula is C18H10Cl2NO3-. The molecule has 120 valence electrons. The van der Waals surface area contributed by atoms with Crippen LogP contribution < -0.4 is 5.11 Å². The van der Waals surface area contributed by atoms with Gasteiger partial charge in [0, 0.05) is 10.6 Å². The van der Waals surface area contributed by atoms with Gasteiger partial charge in [0.2, 0.25) is 5.89 Å². The van der Waals surface area contributed by atoms with E-state index in [0.29, 0.717) is 15.8 Å². The number of hydrogen-bond acceptors (Lipinski definition) is 4. The summed E-state index contributed by atoms with van der Waals surface area (Å²) in [7, 11) is 0. The van der Waals surface area contributed by atoms with Crippen LogP contribution in [0.5, 0.6) is 0 Å². The van der Waals surface area contributed by atoms with E-state index in [-0.39, 0.29) is 11.5 Å². The first-order valence-electron chi connectivity index (χ1n) is 6.94. The van der Waals surface area contributed by atoms with Crippen molar-refractivity contribution < 1.29 is 14.3 Å². The number of aromatic carboxylic acids is 1. The molecule has 24 heavy (non-hydrogen) atoms. The number of carbonyl (C=O) groups is 1. The van der Waals surface area contributed by atoms with Gasteiger partial charge in [0.15, 0.2) is 5.76 Å². The number of oxazole rings is 1. The van der Waals surface area contributed by atoms with Crippen LogP contribution >= 0.6 is 23.2 Å². The Labute approximate surface area is 148 Å². The van der Waals surface area contributed by atoms with Crippen LogP contribution in [-0.2, 0) is 0 Å². The van der Waals surface area contributed by atoms with E-state index in [9.17, 15) is 9.90 Å². The zero-order valence-corrected chi connectivity index (χ0v) is 13.7. The van der Waals surface area contributed by atoms with Crippen molar-refractivity contribution in [3.05, 3.63) is 76.8 Å². The van der Waals surface area contributed by atoms with Crippen LogP contribution in [0.3, 0.4) is 0 Å². The smallest absolute Gasteiger partial charge is 0.238 e. The lowest BCUT2D eigenvalue weighted by molar-refractivity contribution is -0.255. The van der Waals surface area contributed by atoms with Gasteiger partial charge in [-0.05, 0) is 41.5 Å². The molecule has 0 amide bonds. The van der Waals surface area contributed by atoms with E-state index in [1.807, 2.05) is 12.1 Å². The van der Waals surface area contributed by atoms with Crippen molar-refractivity contribution in [2.75, 3.05) is 0 Å². The zero-order valence-electron chi connectivity index (χ0n) is 12.2. The minimum Gasteiger partial charge on any atom is -0.545 e. The van der Waals surface area contributed by atoms with E-state index in [0.717, 1.165) is 11.1 Å². The lowest BCUT2D eigenvalue weighted by atomic mass is 10.1. The second kappa shape index (κ2) is 6.91. The van der Waals surface area contributed by atoms with Gasteiger partial charge in [0.1, 0.15) is 5.03 Å². The second-order valence-electron chi connectivity index (χ2n) is 4.94. The van der Waals surface area contributed by atoms with Gasteiger partial charge < -0.3 is 14.3 Å². The fraction of sp³-hybridized carbons (Fsp3) is 0. The summed E-state index contributed by atoms with van der Waals surface area (Å²) in [5.41, 5.74) is 1.65. The Balaban J connectivity index is 1.83. The van der Waals surface area contributed by atoms with Gasteiger partial charge in [-0.2, -0.15) is 0 Å². The summed E-state index contributed by atoms with van der Waals surface area (Å²) in [6.07, 6.45) is 3.21. The summed E-state index contributed by atoms with van der Waals surface area (Å²) in [4.78, 5) is 14.9. The lowest BCUT2D eigenvalue weighted by Gasteiger charge is -2.02. The summed E-state index contributed by atoms with van der Waals surface area (Å²) < 4.78 is 5.65. The zero-order chi connectivity index (χ0) is 17.1. The summed E-state index contributed by atoms with van der Waals surface area (Å²) in [6, 6.07) is 13.3. The molecule has 3 aromatic rings. The number of benzene rings is 2. The highest BCUT2D eigenvalue weighted by Gasteiger charge is 2.09. The molecule has 1 aromatic heterocycles. The summed E-state index contributed by atoms with van der Waals surface area (Å²) in [6.45, 7) is 0. The number of halogens is 2. The molecule has 0 radical (unpaired) electrons. The average Bonchev–Trinajstić information content (AvgIpc) is 3.06. The summed E-state index contributed by atoms with van der Waals surface area (Å²) in [5.74, 6) is -0.386. The Bertz CT molecular complexity index is 897. The molecule has 0 bridgehead atoms. The maximum atomic E-state index is 10.7. The van der Waals surface area contributed by atoms with Gasteiger partial charge in [-0.15, -0.1) is 0 Å². The minimum absolute atomic E-state index is 0.101. The maximum absolute atomic E-state index is 10.7. The molecule has 2 aromatic carbocycles. The average molecular weight is 359 g/mol. The van der Waals surface area contributed by atoms with E-state index < -0.39 is 5.97 Å². The Hall–Kier alpha value is -2.56. The Morgan fingerprint density at radius 2 is 1.75 bits per heavy atom. The molecule has 0 spiro atoms. The molecule has 0 saturated heterocycles. The maximum Gasteiger partial charge on any atom is 0.238 e. The largest absolute Gasteiger partial charge is 0.545 e. The number of carboxylic acid groups (broad SMARTS) is 1. The predicted molar refractivity (Wildman–Crippen MR) is 91.4 cm³/mol. The molecule has 0 saturated carbocycles. The molecule has 1 heterocycles. The normalized spacial score (nSPS) is 11.5. The van der Waals surface area contributed by atoms with Crippen molar-refractivity contribution in [3.63, 3.8) is 0 Å². The molecule has 3 rings (SSSR count). The van der Waals surface area contributed by atoms with E-state index in [1.165, 1.54) is 12.1 Å². The molecule has 0 unspecified atom stereocenters. The summed E-state index contributed by atoms with van der Waals surface area (Å²) in [5, 5.41) is 11.7. The molecule has 6 heteroatoms. The molecule has 0 aliphatic heterocycles. The Morgan fingerprint density at radius 1 is 1.08 bits per heavy atom. The molecular weight excluding hydrogens is 349 g/mol. The van der Waals surface area contributed by atoms with Gasteiger partial charge >= 0.3 is 0 Å². The minimum atomic E-state index is -1.23. The van der Waals surface area contributed by atoms with Crippen LogP contribution in [0, 0.1) is 0 Å². The van der Waals surface area contributed by atoms with E-state index in [1.54, 1.807) is 36.5 Å². The molecule has 0 atom stereocenters. The third-order valence-electron chi connectivity index (χ3n) is 3.28. The third-order valence-corrected chi connectivity index (χ3v) is 3.80. The highest BCUT2D eigenvalue weighted by molar-refractivity contribution is 6.50. The van der Waals surface area contributed by atoms with Crippen molar-refractivity contribution in [2.45, 2.75) is 0 Å². The van der Waals surface area contributed by atoms with E-state index >= 15 is 0 Å². The van der Waals surface area contributed by atoms with Crippen LogP contribution in [0.25, 0.3) is 22.4 Å². The number of rotatable bonds is 4. The van der Waals surface area contributed by atoms with E-state index in [4.69, 9.17) is 27.6 Å². The quantitative estimate of drug-likeness (QED) is 0.704. The van der Waals surface area contributed by atoms with Gasteiger partial charge in [-0.25, -0.2) is 4.98 Å². The molecule has 4 nitrogen and oxygen atoms in total. The first-order chi connectivity index (χ1) is 11.5. The monoisotopic (exact) mass is 358 g/mol. The Morgan fingerprint density at radius 3 is 2.38 bits per heavy atom. The second-order valence-corrected chi connectivity index (χ2v) is 5.78. The van der Waals surface area contributed by atoms with Gasteiger partial charge in [-0.3, -0.25) is 0 Å². The number of carboxylic acids is 1. The van der Waals surface area contributed by atoms with Crippen LogP contribution in [0.4, 0.5) is 0 Å². The van der Waals surface area contributed by atoms with Gasteiger partial charge in [-0.1, -0.05) is 47.5 Å². The van der Waals surface area contributed by atoms with Gasteiger partial charge in [0.05, 0.1) is 12.2 Å². The topological polar surface area (TPSA) is 66.2 Å². The van der Waals surface area contributed by atoms with Crippen LogP contribution in [0.1, 0.15) is 21.8 Å². The first kappa shape index (κ1) is 16.3. The fourth-order valence-electron chi connectivity index (χ4n) is 2.06. The van der Waals surface area contributed by atoms with E-state index in [2.05, 4.69) is 4.98 Å². The number of nitrogens with zero attached hydrogens (tertiary/aromatic N) is 1. The van der Waals surface area contributed by atoms with Crippen LogP contribution in [-0.4, -0.2) is 11.0 Å². The highest BCUT2D eigenvalue weighted by Crippen LogP contribution is 2.27. The standard InChI is InChI=1S/C18H11Cl2NO3/c19-14-7-5-12(6-8-14)16-10-21-17(24-16)15(20)9-11-1-3-13(4-2-11)18(22)23/h1-10H,(H,22,23)/p-1/b15-9-. The third kappa shape index (κ3) is 3.67. The number of aromatic nitrogens is 1. The van der Waals surface area contributed by atoms with Crippen molar-refractivity contribution in [3.8, 4) is 11.3 Å². The molecule has 0 aliphatic rings. The van der Waals surface area contributed by atoms with Crippen molar-refractivity contribution in [1.29, 1.82) is 0 Å². The molecule has 0 fully saturated rings. The predicted octanol–water partition coefficient (Wildman–Crippen LogP) is 4.10. The SMILES string of the molecule is O=C([O-])c1ccc(/C=C(\Cl)c2ncc(-c3ccc(Cl)cc3)o2)cc1. The Kier molecular flexibility index (Phi) is 4.69. The molecule has 0 N–H and O–H groups in total. The highest BCUT2D eigenvalue weighted by atomic mass is 35.5. The van der Waals surface area contributed by atoms with Crippen LogP contribution in [0.15, 0.2) is 59.1 Å². The lowest BCUT2D eigenvalue weighted by Crippen LogP contribution is -2.21. The first-order valence-corrected chi connectivity index (χ1v) is 7.69. The van der Waals surface area contributed by atoms with Crippen molar-refractivity contribution >= 4 is 40.3 Å². The fourth-order valence-corrected chi connectivity index (χ4v) is 2.39.